The summed E-state index contributed by atoms with van der Waals surface area (Å²) < 4.78 is 2.28. The standard InChI is InChI=1S/C24H28N7S.3CH3.Sn/c1-4-5-10-22-25-28-24(32-16-17(2)3)31(22)15-18-11-13-19(14-12-18)20-8-6-7-9-21(20)23-26-29-30-27-23;;;;/h6-9,11-14,17H,4-5,10,15-16H2,1-3H3;3*1H3;/q-1;;;;+1. The first kappa shape index (κ1) is 28.4. The Kier molecular flexibility index (Phi) is 11.4. The molecule has 0 N–H and O–H groups in total. The summed E-state index contributed by atoms with van der Waals surface area (Å²) in [5, 5.41) is 25.3. The molecule has 4 rings (SSSR count). The number of thioether (sulfide) groups is 1. The molecule has 0 spiro atoms. The van der Waals surface area contributed by atoms with Gasteiger partial charge >= 0.3 is 34.6 Å². The fourth-order valence-corrected chi connectivity index (χ4v) is 4.41. The van der Waals surface area contributed by atoms with Crippen LogP contribution in [0.5, 0.6) is 0 Å². The Morgan fingerprint density at radius 1 is 0.944 bits per heavy atom. The van der Waals surface area contributed by atoms with Crippen LogP contribution in [-0.2, 0) is 13.0 Å². The summed E-state index contributed by atoms with van der Waals surface area (Å²) in [4.78, 5) is 7.09. The zero-order chi connectivity index (χ0) is 25.9. The molecule has 0 unspecified atom stereocenters. The van der Waals surface area contributed by atoms with E-state index in [2.05, 4.69) is 101 Å². The molecule has 9 heteroatoms. The maximum atomic E-state index is 4.50. The van der Waals surface area contributed by atoms with Crippen LogP contribution in [0.15, 0.2) is 53.7 Å². The predicted octanol–water partition coefficient (Wildman–Crippen LogP) is 6.26. The monoisotopic (exact) mass is 611 g/mol. The number of rotatable bonds is 10. The minimum atomic E-state index is -0.543. The van der Waals surface area contributed by atoms with Gasteiger partial charge in [-0.15, -0.1) is 10.2 Å². The minimum absolute atomic E-state index is 0.543. The Bertz CT molecular complexity index is 1170. The molecule has 0 saturated carbocycles. The second kappa shape index (κ2) is 14.5. The topological polar surface area (TPSA) is 83.5 Å². The molecule has 190 valence electrons. The molecule has 0 aliphatic rings. The number of hydrogen-bond acceptors (Lipinski definition) is 6. The zero-order valence-corrected chi connectivity index (χ0v) is 25.9. The quantitative estimate of drug-likeness (QED) is 0.155. The number of aryl methyl sites for hydroxylation is 1. The van der Waals surface area contributed by atoms with Crippen molar-refractivity contribution in [2.45, 2.75) is 66.6 Å². The van der Waals surface area contributed by atoms with Gasteiger partial charge in [0, 0.05) is 18.0 Å². The van der Waals surface area contributed by atoms with Gasteiger partial charge in [-0.1, -0.05) is 87.5 Å². The Balaban J connectivity index is 0.000000840. The van der Waals surface area contributed by atoms with Gasteiger partial charge in [0.25, 0.3) is 0 Å². The van der Waals surface area contributed by atoms with E-state index in [1.807, 2.05) is 18.2 Å². The third-order valence-electron chi connectivity index (χ3n) is 5.19. The maximum absolute atomic E-state index is 4.50. The third-order valence-corrected chi connectivity index (χ3v) is 6.58. The van der Waals surface area contributed by atoms with Crippen LogP contribution in [0.25, 0.3) is 22.5 Å². The fraction of sp³-hybridized carbons (Fsp3) is 0.444. The van der Waals surface area contributed by atoms with Crippen LogP contribution in [-0.4, -0.2) is 55.8 Å². The van der Waals surface area contributed by atoms with Crippen molar-refractivity contribution in [2.75, 3.05) is 5.75 Å². The Morgan fingerprint density at radius 3 is 2.25 bits per heavy atom. The predicted molar refractivity (Wildman–Crippen MR) is 151 cm³/mol. The van der Waals surface area contributed by atoms with Crippen LogP contribution in [0.3, 0.4) is 0 Å². The van der Waals surface area contributed by atoms with Crippen molar-refractivity contribution in [3.05, 3.63) is 59.9 Å². The molecule has 0 atom stereocenters. The van der Waals surface area contributed by atoms with Crippen molar-refractivity contribution >= 4 is 31.5 Å². The van der Waals surface area contributed by atoms with E-state index in [0.29, 0.717) is 11.7 Å². The Morgan fingerprint density at radius 2 is 1.64 bits per heavy atom. The van der Waals surface area contributed by atoms with E-state index in [0.717, 1.165) is 59.2 Å². The van der Waals surface area contributed by atoms with Gasteiger partial charge in [0.15, 0.2) is 5.16 Å². The molecule has 2 aromatic heterocycles. The van der Waals surface area contributed by atoms with Gasteiger partial charge in [0.2, 0.25) is 0 Å². The number of benzene rings is 2. The van der Waals surface area contributed by atoms with Crippen molar-refractivity contribution in [2.24, 2.45) is 5.92 Å². The summed E-state index contributed by atoms with van der Waals surface area (Å²) in [6, 6.07) is 16.7. The number of tetrazole rings is 1. The molecule has 2 aromatic carbocycles. The molecule has 4 aromatic rings. The molecule has 0 bridgehead atoms. The summed E-state index contributed by atoms with van der Waals surface area (Å²) in [7, 11) is 0. The van der Waals surface area contributed by atoms with Crippen LogP contribution in [0.4, 0.5) is 0 Å². The molecule has 2 heterocycles. The van der Waals surface area contributed by atoms with E-state index in [1.165, 1.54) is 5.56 Å². The van der Waals surface area contributed by atoms with Gasteiger partial charge < -0.3 is 9.67 Å². The summed E-state index contributed by atoms with van der Waals surface area (Å²) in [6.45, 7) is 7.44. The van der Waals surface area contributed by atoms with E-state index < -0.39 is 19.8 Å². The molecular weight excluding hydrogens is 573 g/mol. The van der Waals surface area contributed by atoms with E-state index in [1.54, 1.807) is 11.8 Å². The summed E-state index contributed by atoms with van der Waals surface area (Å²) in [5.74, 6) is 3.26. The van der Waals surface area contributed by atoms with Crippen LogP contribution in [0.1, 0.15) is 45.0 Å². The number of unbranched alkanes of at least 4 members (excludes halogenated alkanes) is 1. The van der Waals surface area contributed by atoms with Crippen molar-refractivity contribution in [1.29, 1.82) is 0 Å². The first-order valence-electron chi connectivity index (χ1n) is 12.6. The van der Waals surface area contributed by atoms with Crippen LogP contribution < -0.4 is 5.10 Å². The summed E-state index contributed by atoms with van der Waals surface area (Å²) in [6.07, 6.45) is 3.22. The number of hydrogen-bond donors (Lipinski definition) is 0. The van der Waals surface area contributed by atoms with Gasteiger partial charge in [-0.05, 0) is 34.6 Å². The molecule has 36 heavy (non-hydrogen) atoms. The van der Waals surface area contributed by atoms with Crippen molar-refractivity contribution in [3.8, 4) is 22.5 Å². The summed E-state index contributed by atoms with van der Waals surface area (Å²) >= 11 is 1.25. The molecule has 0 aliphatic heterocycles. The molecule has 0 aliphatic carbocycles. The molecule has 0 fully saturated rings. The second-order valence-corrected chi connectivity index (χ2v) is 19.3. The number of aromatic nitrogens is 7. The first-order valence-corrected chi connectivity index (χ1v) is 22.1. The van der Waals surface area contributed by atoms with E-state index in [9.17, 15) is 0 Å². The van der Waals surface area contributed by atoms with Crippen LogP contribution in [0, 0.1) is 5.92 Å². The van der Waals surface area contributed by atoms with E-state index in [-0.39, 0.29) is 0 Å². The second-order valence-electron chi connectivity index (χ2n) is 9.74. The molecule has 0 radical (unpaired) electrons. The van der Waals surface area contributed by atoms with Gasteiger partial charge in [0.05, 0.1) is 6.54 Å². The van der Waals surface area contributed by atoms with Crippen LogP contribution >= 0.6 is 11.8 Å². The van der Waals surface area contributed by atoms with Crippen molar-refractivity contribution in [3.63, 3.8) is 0 Å². The molecule has 7 nitrogen and oxygen atoms in total. The normalized spacial score (nSPS) is 10.9. The van der Waals surface area contributed by atoms with Gasteiger partial charge in [-0.25, -0.2) is 0 Å². The average molecular weight is 610 g/mol. The Hall–Kier alpha value is -2.20. The number of nitrogens with zero attached hydrogens (tertiary/aromatic N) is 7. The average Bonchev–Trinajstić information content (AvgIpc) is 3.52. The third kappa shape index (κ3) is 8.44. The van der Waals surface area contributed by atoms with Gasteiger partial charge in [0.1, 0.15) is 5.82 Å². The fourth-order valence-electron chi connectivity index (χ4n) is 3.50. The van der Waals surface area contributed by atoms with Gasteiger partial charge in [-0.2, -0.15) is 5.21 Å². The molecule has 0 saturated heterocycles. The zero-order valence-electron chi connectivity index (χ0n) is 22.3. The van der Waals surface area contributed by atoms with Crippen LogP contribution in [0.2, 0.25) is 14.8 Å². The Labute approximate surface area is 226 Å². The van der Waals surface area contributed by atoms with E-state index >= 15 is 0 Å². The van der Waals surface area contributed by atoms with E-state index in [4.69, 9.17) is 0 Å². The molecular formula is C27H37N7SSn. The van der Waals surface area contributed by atoms with Gasteiger partial charge in [-0.3, -0.25) is 10.3 Å². The van der Waals surface area contributed by atoms with Crippen molar-refractivity contribution < 1.29 is 0 Å². The van der Waals surface area contributed by atoms with Crippen molar-refractivity contribution in [1.82, 2.24) is 35.4 Å². The summed E-state index contributed by atoms with van der Waals surface area (Å²) in [5.41, 5.74) is 4.33. The molecule has 0 amide bonds. The SMILES string of the molecule is CCCCc1nnc(SCC(C)C)n1Cc1ccc(-c2ccccc2-c2nnn[n-]2)cc1.[CH3][Sn+]([CH3])[CH3]. The first-order chi connectivity index (χ1) is 17.4.